The molecule has 2 aromatic rings. The van der Waals surface area contributed by atoms with Crippen molar-refractivity contribution in [2.75, 3.05) is 13.2 Å². The predicted molar refractivity (Wildman–Crippen MR) is 116 cm³/mol. The van der Waals surface area contributed by atoms with Gasteiger partial charge in [-0.1, -0.05) is 50.6 Å². The Kier molecular flexibility index (Phi) is 6.25. The number of aromatic hydroxyl groups is 1. The summed E-state index contributed by atoms with van der Waals surface area (Å²) in [6.07, 6.45) is 2.96. The Hall–Kier alpha value is -2.57. The summed E-state index contributed by atoms with van der Waals surface area (Å²) in [4.78, 5) is 15.3. The zero-order valence-electron chi connectivity index (χ0n) is 17.7. The van der Waals surface area contributed by atoms with Crippen LogP contribution in [-0.2, 0) is 4.79 Å². The van der Waals surface area contributed by atoms with Gasteiger partial charge in [0.2, 0.25) is 5.91 Å². The molecule has 4 atom stereocenters. The van der Waals surface area contributed by atoms with Crippen molar-refractivity contribution in [3.05, 3.63) is 59.7 Å². The van der Waals surface area contributed by atoms with E-state index in [1.807, 2.05) is 35.2 Å². The van der Waals surface area contributed by atoms with Crippen LogP contribution in [0.1, 0.15) is 56.3 Å². The van der Waals surface area contributed by atoms with Crippen LogP contribution in [0.3, 0.4) is 0 Å². The van der Waals surface area contributed by atoms with Crippen LogP contribution in [0.2, 0.25) is 0 Å². The van der Waals surface area contributed by atoms with E-state index in [2.05, 4.69) is 36.8 Å². The molecule has 1 amide bonds. The number of hydrogen-bond acceptors (Lipinski definition) is 5. The Bertz CT molecular complexity index is 870. The average Bonchev–Trinajstić information content (AvgIpc) is 3.30. The van der Waals surface area contributed by atoms with E-state index < -0.39 is 0 Å². The highest BCUT2D eigenvalue weighted by Crippen LogP contribution is 2.48. The summed E-state index contributed by atoms with van der Waals surface area (Å²) in [5, 5.41) is 10.5. The molecule has 6 heteroatoms. The lowest BCUT2D eigenvalue weighted by atomic mass is 9.83. The first-order chi connectivity index (χ1) is 14.7. The van der Waals surface area contributed by atoms with Gasteiger partial charge in [0.15, 0.2) is 0 Å². The number of hydrogen-bond donors (Lipinski definition) is 3. The van der Waals surface area contributed by atoms with Gasteiger partial charge in [0.05, 0.1) is 18.7 Å². The minimum atomic E-state index is -0.313. The number of nitrogens with one attached hydrogen (secondary N) is 2. The van der Waals surface area contributed by atoms with Gasteiger partial charge >= 0.3 is 0 Å². The van der Waals surface area contributed by atoms with Crippen LogP contribution in [-0.4, -0.2) is 35.1 Å². The lowest BCUT2D eigenvalue weighted by Gasteiger charge is -2.31. The number of likely N-dealkylation sites (tertiary alicyclic amines) is 1. The van der Waals surface area contributed by atoms with E-state index in [-0.39, 0.29) is 35.7 Å². The number of fused-ring (bicyclic) bond motifs is 1. The van der Waals surface area contributed by atoms with Crippen molar-refractivity contribution in [1.29, 1.82) is 0 Å². The Morgan fingerprint density at radius 2 is 1.73 bits per heavy atom. The molecule has 0 aromatic heterocycles. The molecule has 0 saturated carbocycles. The molecule has 4 rings (SSSR count). The molecule has 2 aliphatic rings. The summed E-state index contributed by atoms with van der Waals surface area (Å²) < 4.78 is 5.74. The number of para-hydroxylation sites is 1. The number of rotatable bonds is 8. The molecular weight excluding hydrogens is 378 g/mol. The van der Waals surface area contributed by atoms with Crippen molar-refractivity contribution in [1.82, 2.24) is 15.8 Å². The van der Waals surface area contributed by atoms with Crippen LogP contribution in [0.5, 0.6) is 11.5 Å². The van der Waals surface area contributed by atoms with E-state index in [0.29, 0.717) is 6.61 Å². The maximum Gasteiger partial charge on any atom is 0.242 e. The lowest BCUT2D eigenvalue weighted by molar-refractivity contribution is -0.130. The molecule has 30 heavy (non-hydrogen) atoms. The van der Waals surface area contributed by atoms with E-state index in [9.17, 15) is 9.90 Å². The quantitative estimate of drug-likeness (QED) is 0.620. The van der Waals surface area contributed by atoms with E-state index in [1.54, 1.807) is 6.07 Å². The number of carbonyl (C=O) groups excluding carboxylic acids is 1. The Labute approximate surface area is 178 Å². The molecule has 160 valence electrons. The second-order valence-corrected chi connectivity index (χ2v) is 8.13. The first kappa shape index (κ1) is 20.7. The molecule has 6 nitrogen and oxygen atoms in total. The van der Waals surface area contributed by atoms with Crippen molar-refractivity contribution < 1.29 is 14.6 Å². The van der Waals surface area contributed by atoms with E-state index >= 15 is 0 Å². The van der Waals surface area contributed by atoms with Crippen molar-refractivity contribution in [3.63, 3.8) is 0 Å². The van der Waals surface area contributed by atoms with Crippen LogP contribution >= 0.6 is 0 Å². The van der Waals surface area contributed by atoms with Crippen molar-refractivity contribution >= 4 is 5.91 Å². The molecular formula is C24H31N3O3. The highest BCUT2D eigenvalue weighted by Gasteiger charge is 2.55. The standard InChI is InChI=1S/C24H31N3O3/c1-3-5-14-27-23(16-10-12-17(13-11-16)30-15-4-2)20-21(25-26-22(20)24(27)29)18-8-6-7-9-19(18)28/h6-13,20-23,25-26,28H,3-5,14-15H2,1-2H3. The number of hydrazine groups is 1. The van der Waals surface area contributed by atoms with Gasteiger partial charge in [-0.05, 0) is 36.6 Å². The fraction of sp³-hybridized carbons (Fsp3) is 0.458. The second kappa shape index (κ2) is 9.06. The number of benzene rings is 2. The maximum absolute atomic E-state index is 13.3. The summed E-state index contributed by atoms with van der Waals surface area (Å²) >= 11 is 0. The number of amides is 1. The van der Waals surface area contributed by atoms with Crippen molar-refractivity contribution in [2.24, 2.45) is 5.92 Å². The van der Waals surface area contributed by atoms with Crippen molar-refractivity contribution in [3.8, 4) is 11.5 Å². The van der Waals surface area contributed by atoms with E-state index in [4.69, 9.17) is 4.74 Å². The fourth-order valence-corrected chi connectivity index (χ4v) is 4.68. The van der Waals surface area contributed by atoms with Gasteiger partial charge in [-0.3, -0.25) is 4.79 Å². The second-order valence-electron chi connectivity index (χ2n) is 8.13. The topological polar surface area (TPSA) is 73.8 Å². The zero-order valence-corrected chi connectivity index (χ0v) is 17.7. The molecule has 2 aromatic carbocycles. The lowest BCUT2D eigenvalue weighted by Crippen LogP contribution is -2.41. The number of carbonyl (C=O) groups is 1. The third-order valence-electron chi connectivity index (χ3n) is 6.13. The Morgan fingerprint density at radius 3 is 2.43 bits per heavy atom. The number of nitrogens with zero attached hydrogens (tertiary/aromatic N) is 1. The molecule has 0 radical (unpaired) electrons. The molecule has 0 aliphatic carbocycles. The highest BCUT2D eigenvalue weighted by atomic mass is 16.5. The molecule has 2 aliphatic heterocycles. The molecule has 3 N–H and O–H groups in total. The third kappa shape index (κ3) is 3.77. The molecule has 2 saturated heterocycles. The predicted octanol–water partition coefficient (Wildman–Crippen LogP) is 3.70. The summed E-state index contributed by atoms with van der Waals surface area (Å²) in [6.45, 7) is 5.65. The van der Waals surface area contributed by atoms with E-state index in [1.165, 1.54) is 0 Å². The Balaban J connectivity index is 1.69. The van der Waals surface area contributed by atoms with Crippen LogP contribution in [0.4, 0.5) is 0 Å². The highest BCUT2D eigenvalue weighted by molar-refractivity contribution is 5.86. The molecule has 0 spiro atoms. The fourth-order valence-electron chi connectivity index (χ4n) is 4.68. The van der Waals surface area contributed by atoms with Gasteiger partial charge in [-0.15, -0.1) is 0 Å². The summed E-state index contributed by atoms with van der Waals surface area (Å²) in [6, 6.07) is 15.0. The zero-order chi connectivity index (χ0) is 21.1. The molecule has 0 bridgehead atoms. The summed E-state index contributed by atoms with van der Waals surface area (Å²) in [7, 11) is 0. The SMILES string of the molecule is CCCCN1C(=O)C2NNC(c3ccccc3O)C2C1c1ccc(OCCC)cc1. The van der Waals surface area contributed by atoms with Crippen molar-refractivity contribution in [2.45, 2.75) is 51.2 Å². The summed E-state index contributed by atoms with van der Waals surface area (Å²) in [5.41, 5.74) is 8.41. The minimum absolute atomic E-state index is 0.0231. The number of phenolic OH excluding ortho intramolecular Hbond substituents is 1. The van der Waals surface area contributed by atoms with Gasteiger partial charge < -0.3 is 14.7 Å². The van der Waals surface area contributed by atoms with Gasteiger partial charge in [0.1, 0.15) is 17.5 Å². The normalized spacial score (nSPS) is 25.5. The van der Waals surface area contributed by atoms with Crippen LogP contribution in [0.25, 0.3) is 0 Å². The number of ether oxygens (including phenoxy) is 1. The van der Waals surface area contributed by atoms with Gasteiger partial charge in [0, 0.05) is 18.0 Å². The third-order valence-corrected chi connectivity index (χ3v) is 6.13. The molecule has 4 unspecified atom stereocenters. The summed E-state index contributed by atoms with van der Waals surface area (Å²) in [5.74, 6) is 1.20. The Morgan fingerprint density at radius 1 is 1.00 bits per heavy atom. The average molecular weight is 410 g/mol. The first-order valence-electron chi connectivity index (χ1n) is 11.0. The molecule has 2 fully saturated rings. The van der Waals surface area contributed by atoms with Crippen LogP contribution in [0.15, 0.2) is 48.5 Å². The van der Waals surface area contributed by atoms with Crippen LogP contribution < -0.4 is 15.6 Å². The largest absolute Gasteiger partial charge is 0.508 e. The monoisotopic (exact) mass is 409 g/mol. The van der Waals surface area contributed by atoms with Crippen LogP contribution in [0, 0.1) is 5.92 Å². The van der Waals surface area contributed by atoms with E-state index in [0.717, 1.165) is 42.7 Å². The maximum atomic E-state index is 13.3. The molecule has 2 heterocycles. The van der Waals surface area contributed by atoms with Gasteiger partial charge in [0.25, 0.3) is 0 Å². The number of unbranched alkanes of at least 4 members (excludes halogenated alkanes) is 1. The smallest absolute Gasteiger partial charge is 0.242 e. The van der Waals surface area contributed by atoms with Gasteiger partial charge in [-0.2, -0.15) is 0 Å². The minimum Gasteiger partial charge on any atom is -0.508 e. The van der Waals surface area contributed by atoms with Gasteiger partial charge in [-0.25, -0.2) is 10.9 Å². The first-order valence-corrected chi connectivity index (χ1v) is 11.0. The number of phenols is 1.